The monoisotopic (exact) mass is 380 g/mol. The fraction of sp³-hybridized carbons (Fsp3) is 0.429. The highest BCUT2D eigenvalue weighted by atomic mass is 16.2. The lowest BCUT2D eigenvalue weighted by atomic mass is 9.72. The summed E-state index contributed by atoms with van der Waals surface area (Å²) in [4.78, 5) is 47.6. The maximum atomic E-state index is 12.7. The Morgan fingerprint density at radius 2 is 1.93 bits per heavy atom. The Kier molecular flexibility index (Phi) is 4.98. The van der Waals surface area contributed by atoms with Crippen LogP contribution in [0.15, 0.2) is 47.5 Å². The van der Waals surface area contributed by atoms with Crippen molar-refractivity contribution < 1.29 is 9.59 Å². The minimum atomic E-state index is -0.349. The minimum absolute atomic E-state index is 0.0442. The number of piperidine rings is 2. The molecule has 2 aliphatic heterocycles. The molecular formula is C21H24N4O3. The van der Waals surface area contributed by atoms with Gasteiger partial charge >= 0.3 is 0 Å². The van der Waals surface area contributed by atoms with Gasteiger partial charge in [-0.25, -0.2) is 0 Å². The van der Waals surface area contributed by atoms with E-state index in [4.69, 9.17) is 0 Å². The maximum absolute atomic E-state index is 12.7. The molecular weight excluding hydrogens is 356 g/mol. The second kappa shape index (κ2) is 7.58. The molecule has 0 radical (unpaired) electrons. The number of hydrogen-bond donors (Lipinski definition) is 1. The number of carbonyl (C=O) groups excluding carboxylic acids is 2. The highest BCUT2D eigenvalue weighted by molar-refractivity contribution is 5.93. The first-order valence-corrected chi connectivity index (χ1v) is 9.71. The van der Waals surface area contributed by atoms with Crippen LogP contribution in [-0.4, -0.2) is 51.2 Å². The van der Waals surface area contributed by atoms with Crippen LogP contribution >= 0.6 is 0 Å². The molecule has 2 saturated heterocycles. The van der Waals surface area contributed by atoms with Crippen LogP contribution in [0.25, 0.3) is 0 Å². The average Bonchev–Trinajstić information content (AvgIpc) is 2.72. The molecule has 28 heavy (non-hydrogen) atoms. The van der Waals surface area contributed by atoms with E-state index in [1.165, 1.54) is 6.20 Å². The van der Waals surface area contributed by atoms with E-state index in [1.54, 1.807) is 23.2 Å². The van der Waals surface area contributed by atoms with E-state index in [9.17, 15) is 14.4 Å². The third kappa shape index (κ3) is 3.69. The van der Waals surface area contributed by atoms with Crippen LogP contribution in [0.5, 0.6) is 0 Å². The van der Waals surface area contributed by atoms with Crippen molar-refractivity contribution in [2.24, 2.45) is 5.41 Å². The number of rotatable bonds is 3. The molecule has 0 aromatic carbocycles. The van der Waals surface area contributed by atoms with Gasteiger partial charge in [-0.15, -0.1) is 0 Å². The van der Waals surface area contributed by atoms with Crippen molar-refractivity contribution in [1.82, 2.24) is 19.8 Å². The molecule has 7 nitrogen and oxygen atoms in total. The Morgan fingerprint density at radius 3 is 2.64 bits per heavy atom. The van der Waals surface area contributed by atoms with Crippen molar-refractivity contribution in [3.05, 3.63) is 64.3 Å². The highest BCUT2D eigenvalue weighted by Gasteiger charge is 2.42. The van der Waals surface area contributed by atoms with Gasteiger partial charge < -0.3 is 14.8 Å². The quantitative estimate of drug-likeness (QED) is 0.880. The van der Waals surface area contributed by atoms with E-state index in [2.05, 4.69) is 9.97 Å². The summed E-state index contributed by atoms with van der Waals surface area (Å²) in [6.45, 7) is 2.46. The Labute approximate surface area is 163 Å². The highest BCUT2D eigenvalue weighted by Crippen LogP contribution is 2.40. The second-order valence-corrected chi connectivity index (χ2v) is 7.78. The van der Waals surface area contributed by atoms with E-state index in [-0.39, 0.29) is 28.4 Å². The first kappa shape index (κ1) is 18.4. The molecule has 4 rings (SSSR count). The number of H-pyrrole nitrogens is 1. The van der Waals surface area contributed by atoms with Gasteiger partial charge in [0.1, 0.15) is 5.56 Å². The van der Waals surface area contributed by atoms with Crippen LogP contribution in [0.4, 0.5) is 0 Å². The predicted molar refractivity (Wildman–Crippen MR) is 104 cm³/mol. The molecule has 0 bridgehead atoms. The first-order valence-electron chi connectivity index (χ1n) is 9.71. The van der Waals surface area contributed by atoms with Crippen LogP contribution in [0.3, 0.4) is 0 Å². The molecule has 0 unspecified atom stereocenters. The molecule has 0 aliphatic carbocycles. The molecule has 2 fully saturated rings. The van der Waals surface area contributed by atoms with Gasteiger partial charge in [0.05, 0.1) is 12.2 Å². The molecule has 146 valence electrons. The van der Waals surface area contributed by atoms with Crippen LogP contribution in [0.2, 0.25) is 0 Å². The van der Waals surface area contributed by atoms with E-state index in [1.807, 2.05) is 23.1 Å². The fourth-order valence-corrected chi connectivity index (χ4v) is 4.29. The zero-order valence-corrected chi connectivity index (χ0v) is 15.8. The van der Waals surface area contributed by atoms with Gasteiger partial charge in [-0.05, 0) is 48.9 Å². The summed E-state index contributed by atoms with van der Waals surface area (Å²) in [7, 11) is 0. The smallest absolute Gasteiger partial charge is 0.260 e. The van der Waals surface area contributed by atoms with E-state index < -0.39 is 0 Å². The van der Waals surface area contributed by atoms with Gasteiger partial charge in [0.25, 0.3) is 11.5 Å². The first-order chi connectivity index (χ1) is 13.6. The number of amides is 2. The Bertz CT molecular complexity index is 917. The van der Waals surface area contributed by atoms with Crippen molar-refractivity contribution in [3.8, 4) is 0 Å². The lowest BCUT2D eigenvalue weighted by molar-refractivity contribution is -0.139. The van der Waals surface area contributed by atoms with Gasteiger partial charge in [-0.1, -0.05) is 6.07 Å². The predicted octanol–water partition coefficient (Wildman–Crippen LogP) is 1.81. The van der Waals surface area contributed by atoms with Crippen LogP contribution in [0, 0.1) is 5.41 Å². The van der Waals surface area contributed by atoms with Gasteiger partial charge in [0.2, 0.25) is 5.91 Å². The fourth-order valence-electron chi connectivity index (χ4n) is 4.29. The van der Waals surface area contributed by atoms with Crippen molar-refractivity contribution in [3.63, 3.8) is 0 Å². The third-order valence-corrected chi connectivity index (χ3v) is 5.99. The van der Waals surface area contributed by atoms with Crippen molar-refractivity contribution in [2.75, 3.05) is 19.6 Å². The summed E-state index contributed by atoms with van der Waals surface area (Å²) < 4.78 is 0. The van der Waals surface area contributed by atoms with Gasteiger partial charge in [0.15, 0.2) is 0 Å². The van der Waals surface area contributed by atoms with Crippen LogP contribution in [-0.2, 0) is 11.3 Å². The number of nitrogens with one attached hydrogen (secondary N) is 1. The second-order valence-electron chi connectivity index (χ2n) is 7.78. The summed E-state index contributed by atoms with van der Waals surface area (Å²) in [6.07, 6.45) is 6.36. The zero-order chi connectivity index (χ0) is 19.6. The summed E-state index contributed by atoms with van der Waals surface area (Å²) in [5.74, 6) is -0.0421. The molecule has 1 N–H and O–H groups in total. The maximum Gasteiger partial charge on any atom is 0.260 e. The molecule has 7 heteroatoms. The number of pyridine rings is 2. The summed E-state index contributed by atoms with van der Waals surface area (Å²) in [6, 6.07) is 8.98. The topological polar surface area (TPSA) is 86.4 Å². The number of nitrogens with zero attached hydrogens (tertiary/aromatic N) is 3. The van der Waals surface area contributed by atoms with Crippen LogP contribution < -0.4 is 5.56 Å². The Balaban J connectivity index is 1.42. The normalized spacial score (nSPS) is 19.1. The van der Waals surface area contributed by atoms with Crippen molar-refractivity contribution >= 4 is 11.8 Å². The summed E-state index contributed by atoms with van der Waals surface area (Å²) in [5, 5.41) is 0. The molecule has 0 atom stereocenters. The number of aromatic nitrogens is 2. The number of likely N-dealkylation sites (tertiary alicyclic amines) is 2. The standard InChI is InChI=1S/C21H24N4O3/c26-18-6-7-21(15-25(18)14-16-4-1-2-10-22-16)8-12-24(13-9-21)20(28)17-5-3-11-23-19(17)27/h1-5,10-11H,6-9,12-15H2,(H,23,27). The van der Waals surface area contributed by atoms with E-state index in [0.29, 0.717) is 32.6 Å². The molecule has 4 heterocycles. The third-order valence-electron chi connectivity index (χ3n) is 5.99. The Hall–Kier alpha value is -2.96. The molecule has 1 spiro atoms. The van der Waals surface area contributed by atoms with Gasteiger partial charge in [-0.3, -0.25) is 19.4 Å². The SMILES string of the molecule is O=C1CCC2(CCN(C(=O)c3ccc[nH]c3=O)CC2)CN1Cc1ccccn1. The molecule has 2 amide bonds. The molecule has 2 aromatic rings. The van der Waals surface area contributed by atoms with E-state index in [0.717, 1.165) is 25.0 Å². The van der Waals surface area contributed by atoms with Gasteiger partial charge in [0, 0.05) is 38.4 Å². The van der Waals surface area contributed by atoms with Gasteiger partial charge in [-0.2, -0.15) is 0 Å². The van der Waals surface area contributed by atoms with Crippen molar-refractivity contribution in [1.29, 1.82) is 0 Å². The minimum Gasteiger partial charge on any atom is -0.338 e. The molecule has 0 saturated carbocycles. The number of aromatic amines is 1. The Morgan fingerprint density at radius 1 is 1.11 bits per heavy atom. The average molecular weight is 380 g/mol. The number of carbonyl (C=O) groups is 2. The van der Waals surface area contributed by atoms with Crippen molar-refractivity contribution in [2.45, 2.75) is 32.2 Å². The lowest BCUT2D eigenvalue weighted by Gasteiger charge is -2.47. The number of hydrogen-bond acceptors (Lipinski definition) is 4. The zero-order valence-electron chi connectivity index (χ0n) is 15.8. The lowest BCUT2D eigenvalue weighted by Crippen LogP contribution is -2.52. The summed E-state index contributed by atoms with van der Waals surface area (Å²) >= 11 is 0. The largest absolute Gasteiger partial charge is 0.338 e. The molecule has 2 aliphatic rings. The summed E-state index contributed by atoms with van der Waals surface area (Å²) in [5.41, 5.74) is 0.776. The molecule has 2 aromatic heterocycles. The van der Waals surface area contributed by atoms with Crippen LogP contribution in [0.1, 0.15) is 41.7 Å². The van der Waals surface area contributed by atoms with E-state index >= 15 is 0 Å².